The van der Waals surface area contributed by atoms with Crippen molar-refractivity contribution in [3.63, 3.8) is 0 Å². The molecule has 1 rings (SSSR count). The number of halogens is 3. The first-order valence-corrected chi connectivity index (χ1v) is 4.18. The molecule has 0 amide bonds. The molecule has 0 bridgehead atoms. The summed E-state index contributed by atoms with van der Waals surface area (Å²) in [5.41, 5.74) is -0.322. The highest BCUT2D eigenvalue weighted by atomic mass is 79.9. The normalized spacial score (nSPS) is 9.23. The van der Waals surface area contributed by atoms with Crippen LogP contribution in [0.15, 0.2) is 16.6 Å². The van der Waals surface area contributed by atoms with Crippen molar-refractivity contribution in [1.82, 2.24) is 0 Å². The Morgan fingerprint density at radius 1 is 1.31 bits per heavy atom. The summed E-state index contributed by atoms with van der Waals surface area (Å²) in [7, 11) is 0. The van der Waals surface area contributed by atoms with Crippen molar-refractivity contribution in [1.29, 1.82) is 0 Å². The monoisotopic (exact) mass is 246 g/mol. The Morgan fingerprint density at radius 2 is 1.85 bits per heavy atom. The standard InChI is InChI=1S/C9H5BrF2O/c10-6-4-8(11)7(2-1-3-13)9(12)5-6/h4-5,13H,3H2. The number of hydrogen-bond acceptors (Lipinski definition) is 1. The van der Waals surface area contributed by atoms with Gasteiger partial charge in [0.1, 0.15) is 18.2 Å². The van der Waals surface area contributed by atoms with E-state index in [1.165, 1.54) is 0 Å². The van der Waals surface area contributed by atoms with E-state index in [2.05, 4.69) is 27.8 Å². The summed E-state index contributed by atoms with van der Waals surface area (Å²) in [6, 6.07) is 2.23. The van der Waals surface area contributed by atoms with E-state index in [1.807, 2.05) is 0 Å². The summed E-state index contributed by atoms with van der Waals surface area (Å²) in [6.45, 7) is -0.422. The molecule has 0 atom stereocenters. The molecule has 0 heterocycles. The number of benzene rings is 1. The maximum atomic E-state index is 13.0. The second-order valence-electron chi connectivity index (χ2n) is 2.20. The molecule has 68 valence electrons. The van der Waals surface area contributed by atoms with Gasteiger partial charge in [-0.05, 0) is 12.1 Å². The lowest BCUT2D eigenvalue weighted by Crippen LogP contribution is -1.90. The van der Waals surface area contributed by atoms with Gasteiger partial charge in [-0.25, -0.2) is 8.78 Å². The van der Waals surface area contributed by atoms with Crippen LogP contribution in [0, 0.1) is 23.5 Å². The Morgan fingerprint density at radius 3 is 2.31 bits per heavy atom. The second kappa shape index (κ2) is 4.35. The summed E-state index contributed by atoms with van der Waals surface area (Å²) in [5.74, 6) is 2.88. The van der Waals surface area contributed by atoms with E-state index in [9.17, 15) is 8.78 Å². The molecule has 0 unspecified atom stereocenters. The van der Waals surface area contributed by atoms with E-state index in [-0.39, 0.29) is 5.56 Å². The summed E-state index contributed by atoms with van der Waals surface area (Å²) >= 11 is 2.94. The third-order valence-corrected chi connectivity index (χ3v) is 1.76. The Labute approximate surface area is 82.5 Å². The lowest BCUT2D eigenvalue weighted by Gasteiger charge is -1.97. The zero-order valence-corrected chi connectivity index (χ0v) is 8.03. The van der Waals surface area contributed by atoms with Crippen LogP contribution in [-0.2, 0) is 0 Å². The van der Waals surface area contributed by atoms with E-state index < -0.39 is 18.2 Å². The molecule has 0 radical (unpaired) electrons. The first-order chi connectivity index (χ1) is 6.15. The molecule has 0 spiro atoms. The van der Waals surface area contributed by atoms with Gasteiger partial charge in [0.05, 0.1) is 5.56 Å². The van der Waals surface area contributed by atoms with Crippen molar-refractivity contribution in [2.45, 2.75) is 0 Å². The van der Waals surface area contributed by atoms with Gasteiger partial charge in [0, 0.05) is 4.47 Å². The van der Waals surface area contributed by atoms with Gasteiger partial charge in [-0.1, -0.05) is 27.8 Å². The van der Waals surface area contributed by atoms with Crippen molar-refractivity contribution >= 4 is 15.9 Å². The zero-order chi connectivity index (χ0) is 9.84. The quantitative estimate of drug-likeness (QED) is 0.696. The second-order valence-corrected chi connectivity index (χ2v) is 3.12. The van der Waals surface area contributed by atoms with Crippen molar-refractivity contribution in [3.8, 4) is 11.8 Å². The van der Waals surface area contributed by atoms with Gasteiger partial charge >= 0.3 is 0 Å². The Bertz CT molecular complexity index is 356. The lowest BCUT2D eigenvalue weighted by molar-refractivity contribution is 0.350. The van der Waals surface area contributed by atoms with Crippen LogP contribution >= 0.6 is 15.9 Å². The van der Waals surface area contributed by atoms with Gasteiger partial charge in [0.2, 0.25) is 0 Å². The van der Waals surface area contributed by atoms with Crippen molar-refractivity contribution in [2.75, 3.05) is 6.61 Å². The van der Waals surface area contributed by atoms with Crippen LogP contribution in [0.25, 0.3) is 0 Å². The van der Waals surface area contributed by atoms with Crippen LogP contribution in [-0.4, -0.2) is 11.7 Å². The number of hydrogen-bond donors (Lipinski definition) is 1. The zero-order valence-electron chi connectivity index (χ0n) is 6.44. The van der Waals surface area contributed by atoms with E-state index >= 15 is 0 Å². The largest absolute Gasteiger partial charge is 0.384 e. The van der Waals surface area contributed by atoms with E-state index in [0.29, 0.717) is 4.47 Å². The minimum atomic E-state index is -0.743. The molecule has 0 aromatic heterocycles. The van der Waals surface area contributed by atoms with E-state index in [0.717, 1.165) is 12.1 Å². The Balaban J connectivity index is 3.21. The van der Waals surface area contributed by atoms with Crippen LogP contribution < -0.4 is 0 Å². The molecule has 0 aliphatic heterocycles. The molecule has 1 aromatic carbocycles. The maximum absolute atomic E-state index is 13.0. The van der Waals surface area contributed by atoms with Gasteiger partial charge < -0.3 is 5.11 Å². The van der Waals surface area contributed by atoms with E-state index in [1.54, 1.807) is 0 Å². The fourth-order valence-electron chi connectivity index (χ4n) is 0.790. The average molecular weight is 247 g/mol. The van der Waals surface area contributed by atoms with Gasteiger partial charge in [-0.15, -0.1) is 0 Å². The van der Waals surface area contributed by atoms with Crippen molar-refractivity contribution < 1.29 is 13.9 Å². The first kappa shape index (κ1) is 10.2. The molecule has 0 fully saturated rings. The van der Waals surface area contributed by atoms with E-state index in [4.69, 9.17) is 5.11 Å². The summed E-state index contributed by atoms with van der Waals surface area (Å²) < 4.78 is 26.3. The SMILES string of the molecule is OCC#Cc1c(F)cc(Br)cc1F. The van der Waals surface area contributed by atoms with Crippen LogP contribution in [0.2, 0.25) is 0 Å². The molecule has 0 saturated carbocycles. The number of aliphatic hydroxyl groups excluding tert-OH is 1. The molecular weight excluding hydrogens is 242 g/mol. The molecule has 0 aliphatic rings. The molecule has 0 aliphatic carbocycles. The summed E-state index contributed by atoms with van der Waals surface area (Å²) in [6.07, 6.45) is 0. The van der Waals surface area contributed by atoms with Gasteiger partial charge in [0.15, 0.2) is 0 Å². The Hall–Kier alpha value is -0.920. The molecule has 1 N–H and O–H groups in total. The molecule has 0 saturated heterocycles. The predicted octanol–water partition coefficient (Wildman–Crippen LogP) is 2.07. The minimum Gasteiger partial charge on any atom is -0.384 e. The average Bonchev–Trinajstić information content (AvgIpc) is 2.02. The third kappa shape index (κ3) is 2.51. The summed E-state index contributed by atoms with van der Waals surface area (Å²) in [4.78, 5) is 0. The first-order valence-electron chi connectivity index (χ1n) is 3.39. The molecule has 1 nitrogen and oxygen atoms in total. The molecule has 4 heteroatoms. The fraction of sp³-hybridized carbons (Fsp3) is 0.111. The van der Waals surface area contributed by atoms with Gasteiger partial charge in [0.25, 0.3) is 0 Å². The molecular formula is C9H5BrF2O. The highest BCUT2D eigenvalue weighted by Gasteiger charge is 2.07. The lowest BCUT2D eigenvalue weighted by atomic mass is 10.2. The highest BCUT2D eigenvalue weighted by Crippen LogP contribution is 2.18. The topological polar surface area (TPSA) is 20.2 Å². The van der Waals surface area contributed by atoms with Crippen molar-refractivity contribution in [3.05, 3.63) is 33.8 Å². The summed E-state index contributed by atoms with van der Waals surface area (Å²) in [5, 5.41) is 8.34. The van der Waals surface area contributed by atoms with Crippen LogP contribution in [0.4, 0.5) is 8.78 Å². The Kier molecular flexibility index (Phi) is 3.40. The third-order valence-electron chi connectivity index (χ3n) is 1.30. The van der Waals surface area contributed by atoms with Crippen LogP contribution in [0.5, 0.6) is 0 Å². The minimum absolute atomic E-state index is 0.317. The number of rotatable bonds is 0. The van der Waals surface area contributed by atoms with Gasteiger partial charge in [-0.2, -0.15) is 0 Å². The maximum Gasteiger partial charge on any atom is 0.142 e. The predicted molar refractivity (Wildman–Crippen MR) is 48.0 cm³/mol. The molecule has 13 heavy (non-hydrogen) atoms. The smallest absolute Gasteiger partial charge is 0.142 e. The molecule has 1 aromatic rings. The van der Waals surface area contributed by atoms with Crippen LogP contribution in [0.1, 0.15) is 5.56 Å². The fourth-order valence-corrected chi connectivity index (χ4v) is 1.19. The number of aliphatic hydroxyl groups is 1. The van der Waals surface area contributed by atoms with Crippen LogP contribution in [0.3, 0.4) is 0 Å². The van der Waals surface area contributed by atoms with Crippen molar-refractivity contribution in [2.24, 2.45) is 0 Å². The highest BCUT2D eigenvalue weighted by molar-refractivity contribution is 9.10. The van der Waals surface area contributed by atoms with Gasteiger partial charge in [-0.3, -0.25) is 0 Å².